The van der Waals surface area contributed by atoms with Crippen LogP contribution in [0.4, 0.5) is 11.4 Å². The van der Waals surface area contributed by atoms with Gasteiger partial charge in [-0.05, 0) is 42.8 Å². The van der Waals surface area contributed by atoms with Crippen LogP contribution in [-0.4, -0.2) is 24.5 Å². The number of ether oxygens (including phenoxy) is 1. The lowest BCUT2D eigenvalue weighted by molar-refractivity contribution is 0.460. The van der Waals surface area contributed by atoms with Crippen molar-refractivity contribution in [2.45, 2.75) is 11.7 Å². The van der Waals surface area contributed by atoms with Crippen molar-refractivity contribution in [3.8, 4) is 11.5 Å². The molecule has 0 amide bonds. The van der Waals surface area contributed by atoms with Gasteiger partial charge in [0, 0.05) is 12.7 Å². The van der Waals surface area contributed by atoms with E-state index in [2.05, 4.69) is 4.98 Å². The molecule has 1 aliphatic rings. The molecule has 1 aliphatic heterocycles. The number of para-hydroxylation sites is 4. The van der Waals surface area contributed by atoms with Gasteiger partial charge in [-0.15, -0.1) is 0 Å². The van der Waals surface area contributed by atoms with Crippen molar-refractivity contribution in [3.63, 3.8) is 0 Å². The van der Waals surface area contributed by atoms with Gasteiger partial charge in [0.15, 0.2) is 11.5 Å². The Balaban J connectivity index is 1.68. The molecule has 0 saturated heterocycles. The summed E-state index contributed by atoms with van der Waals surface area (Å²) in [4.78, 5) is 6.12. The molecule has 2 aromatic carbocycles. The van der Waals surface area contributed by atoms with Gasteiger partial charge in [0.1, 0.15) is 5.25 Å². The molecule has 6 nitrogen and oxygen atoms in total. The van der Waals surface area contributed by atoms with E-state index < -0.39 is 15.4 Å². The topological polar surface area (TPSA) is 79.7 Å². The first kappa shape index (κ1) is 17.5. The van der Waals surface area contributed by atoms with Gasteiger partial charge < -0.3 is 9.64 Å². The highest BCUT2D eigenvalue weighted by molar-refractivity contribution is 7.86. The standard InChI is InChI=1S/C20H18N2O4S/c23-27(24,25)20(15-7-5-6-13-21-15)12-14-22-16-8-1-3-10-18(16)26-19-11-4-2-9-17(19)22/h1-11,13,20H,12,14H2,(H,23,24,25). The Kier molecular flexibility index (Phi) is 4.55. The van der Waals surface area contributed by atoms with Gasteiger partial charge in [0.05, 0.1) is 17.1 Å². The van der Waals surface area contributed by atoms with Crippen LogP contribution in [0, 0.1) is 0 Å². The number of anilines is 2. The molecule has 0 aliphatic carbocycles. The molecule has 0 fully saturated rings. The Hall–Kier alpha value is -2.90. The van der Waals surface area contributed by atoms with Crippen molar-refractivity contribution in [2.24, 2.45) is 0 Å². The van der Waals surface area contributed by atoms with Gasteiger partial charge in [-0.3, -0.25) is 9.54 Å². The zero-order chi connectivity index (χ0) is 18.9. The SMILES string of the molecule is O=S(=O)(O)C(CCN1c2ccccc2Oc2ccccc21)c1ccccn1. The molecular weight excluding hydrogens is 364 g/mol. The molecule has 0 radical (unpaired) electrons. The highest BCUT2D eigenvalue weighted by Crippen LogP contribution is 2.46. The van der Waals surface area contributed by atoms with Crippen LogP contribution in [-0.2, 0) is 10.1 Å². The summed E-state index contributed by atoms with van der Waals surface area (Å²) in [5.41, 5.74) is 2.03. The summed E-state index contributed by atoms with van der Waals surface area (Å²) in [6, 6.07) is 20.2. The Bertz CT molecular complexity index is 1010. The summed E-state index contributed by atoms with van der Waals surface area (Å²) in [6.45, 7) is 0.373. The van der Waals surface area contributed by atoms with Crippen LogP contribution in [0.3, 0.4) is 0 Å². The van der Waals surface area contributed by atoms with Gasteiger partial charge in [-0.2, -0.15) is 8.42 Å². The molecule has 1 unspecified atom stereocenters. The van der Waals surface area contributed by atoms with Crippen LogP contribution in [0.5, 0.6) is 11.5 Å². The van der Waals surface area contributed by atoms with Gasteiger partial charge in [0.2, 0.25) is 0 Å². The number of nitrogens with zero attached hydrogens (tertiary/aromatic N) is 2. The van der Waals surface area contributed by atoms with Crippen LogP contribution in [0.2, 0.25) is 0 Å². The summed E-state index contributed by atoms with van der Waals surface area (Å²) in [6.07, 6.45) is 1.70. The van der Waals surface area contributed by atoms with E-state index in [-0.39, 0.29) is 6.42 Å². The summed E-state index contributed by atoms with van der Waals surface area (Å²) >= 11 is 0. The van der Waals surface area contributed by atoms with E-state index >= 15 is 0 Å². The lowest BCUT2D eigenvalue weighted by Crippen LogP contribution is -2.26. The lowest BCUT2D eigenvalue weighted by atomic mass is 10.1. The average Bonchev–Trinajstić information content (AvgIpc) is 2.67. The van der Waals surface area contributed by atoms with Gasteiger partial charge >= 0.3 is 0 Å². The van der Waals surface area contributed by atoms with Crippen molar-refractivity contribution >= 4 is 21.5 Å². The molecule has 4 rings (SSSR count). The van der Waals surface area contributed by atoms with Gasteiger partial charge in [0.25, 0.3) is 10.1 Å². The summed E-state index contributed by atoms with van der Waals surface area (Å²) in [7, 11) is -4.29. The van der Waals surface area contributed by atoms with E-state index in [4.69, 9.17) is 4.74 Å². The number of benzene rings is 2. The normalized spacial score (nSPS) is 14.0. The first-order valence-corrected chi connectivity index (χ1v) is 10.0. The monoisotopic (exact) mass is 382 g/mol. The van der Waals surface area contributed by atoms with Crippen molar-refractivity contribution in [1.82, 2.24) is 4.98 Å². The number of fused-ring (bicyclic) bond motifs is 2. The number of pyridine rings is 1. The zero-order valence-corrected chi connectivity index (χ0v) is 15.2. The minimum atomic E-state index is -4.29. The quantitative estimate of drug-likeness (QED) is 0.661. The van der Waals surface area contributed by atoms with E-state index in [1.54, 1.807) is 18.2 Å². The van der Waals surface area contributed by atoms with Crippen molar-refractivity contribution in [2.75, 3.05) is 11.4 Å². The first-order chi connectivity index (χ1) is 13.0. The fourth-order valence-corrected chi connectivity index (χ4v) is 4.13. The second-order valence-electron chi connectivity index (χ2n) is 6.24. The molecule has 2 heterocycles. The molecule has 27 heavy (non-hydrogen) atoms. The summed E-state index contributed by atoms with van der Waals surface area (Å²) in [5.74, 6) is 1.41. The second kappa shape index (κ2) is 7.02. The molecule has 138 valence electrons. The van der Waals surface area contributed by atoms with E-state index in [0.29, 0.717) is 23.7 Å². The zero-order valence-electron chi connectivity index (χ0n) is 14.4. The molecule has 1 atom stereocenters. The number of hydrogen-bond donors (Lipinski definition) is 1. The molecule has 1 N–H and O–H groups in total. The minimum absolute atomic E-state index is 0.179. The second-order valence-corrected chi connectivity index (χ2v) is 7.84. The summed E-state index contributed by atoms with van der Waals surface area (Å²) < 4.78 is 39.6. The fourth-order valence-electron chi connectivity index (χ4n) is 3.28. The molecular formula is C20H18N2O4S. The van der Waals surface area contributed by atoms with Crippen LogP contribution < -0.4 is 9.64 Å². The Labute approximate surface area is 157 Å². The maximum atomic E-state index is 12.0. The lowest BCUT2D eigenvalue weighted by Gasteiger charge is -2.33. The van der Waals surface area contributed by atoms with Gasteiger partial charge in [-0.25, -0.2) is 0 Å². The van der Waals surface area contributed by atoms with E-state index in [1.807, 2.05) is 53.4 Å². The number of aromatic nitrogens is 1. The third-order valence-corrected chi connectivity index (χ3v) is 5.72. The van der Waals surface area contributed by atoms with Gasteiger partial charge in [-0.1, -0.05) is 30.3 Å². The number of rotatable bonds is 5. The van der Waals surface area contributed by atoms with Crippen molar-refractivity contribution in [1.29, 1.82) is 0 Å². The minimum Gasteiger partial charge on any atom is -0.453 e. The predicted octanol–water partition coefficient (Wildman–Crippen LogP) is 4.34. The third-order valence-electron chi connectivity index (χ3n) is 4.52. The molecule has 7 heteroatoms. The fraction of sp³-hybridized carbons (Fsp3) is 0.150. The van der Waals surface area contributed by atoms with Crippen LogP contribution in [0.15, 0.2) is 72.9 Å². The number of hydrogen-bond acceptors (Lipinski definition) is 5. The molecule has 0 spiro atoms. The van der Waals surface area contributed by atoms with E-state index in [0.717, 1.165) is 11.4 Å². The average molecular weight is 382 g/mol. The predicted molar refractivity (Wildman–Crippen MR) is 103 cm³/mol. The summed E-state index contributed by atoms with van der Waals surface area (Å²) in [5, 5.41) is -1.10. The van der Waals surface area contributed by atoms with E-state index in [9.17, 15) is 13.0 Å². The maximum Gasteiger partial charge on any atom is 0.273 e. The largest absolute Gasteiger partial charge is 0.453 e. The Morgan fingerprint density at radius 1 is 0.926 bits per heavy atom. The highest BCUT2D eigenvalue weighted by Gasteiger charge is 2.29. The Morgan fingerprint density at radius 3 is 2.07 bits per heavy atom. The molecule has 1 aromatic heterocycles. The third kappa shape index (κ3) is 3.51. The smallest absolute Gasteiger partial charge is 0.273 e. The first-order valence-electron chi connectivity index (χ1n) is 8.55. The highest BCUT2D eigenvalue weighted by atomic mass is 32.2. The van der Waals surface area contributed by atoms with Crippen molar-refractivity contribution < 1.29 is 17.7 Å². The molecule has 3 aromatic rings. The van der Waals surface area contributed by atoms with E-state index in [1.165, 1.54) is 6.20 Å². The van der Waals surface area contributed by atoms with Crippen LogP contribution >= 0.6 is 0 Å². The maximum absolute atomic E-state index is 12.0. The molecule has 0 saturated carbocycles. The van der Waals surface area contributed by atoms with Crippen LogP contribution in [0.1, 0.15) is 17.4 Å². The van der Waals surface area contributed by atoms with Crippen molar-refractivity contribution in [3.05, 3.63) is 78.6 Å². The van der Waals surface area contributed by atoms with Crippen LogP contribution in [0.25, 0.3) is 0 Å². The molecule has 0 bridgehead atoms. The Morgan fingerprint density at radius 2 is 1.52 bits per heavy atom.